The number of likely N-dealkylation sites (tertiary alicyclic amines) is 1. The molecular formula is C17H30N4. The van der Waals surface area contributed by atoms with Crippen LogP contribution in [0.15, 0.2) is 29.0 Å². The molecule has 0 bridgehead atoms. The molecule has 0 aromatic heterocycles. The van der Waals surface area contributed by atoms with Gasteiger partial charge in [-0.05, 0) is 33.7 Å². The van der Waals surface area contributed by atoms with E-state index in [1.165, 1.54) is 44.7 Å². The molecule has 0 amide bonds. The molecule has 0 aromatic rings. The largest absolute Gasteiger partial charge is 0.370 e. The van der Waals surface area contributed by atoms with E-state index >= 15 is 0 Å². The lowest BCUT2D eigenvalue weighted by atomic mass is 10.0. The zero-order chi connectivity index (χ0) is 15.2. The molecule has 21 heavy (non-hydrogen) atoms. The van der Waals surface area contributed by atoms with Crippen molar-refractivity contribution in [2.75, 3.05) is 46.3 Å². The highest BCUT2D eigenvalue weighted by Gasteiger charge is 2.26. The third kappa shape index (κ3) is 4.68. The smallest absolute Gasteiger partial charge is 0.0508 e. The van der Waals surface area contributed by atoms with Crippen molar-refractivity contribution in [2.24, 2.45) is 4.99 Å². The Bertz CT molecular complexity index is 397. The minimum atomic E-state index is 0.770. The van der Waals surface area contributed by atoms with E-state index in [4.69, 9.17) is 0 Å². The molecule has 0 N–H and O–H groups in total. The van der Waals surface area contributed by atoms with Crippen molar-refractivity contribution in [1.82, 2.24) is 14.7 Å². The van der Waals surface area contributed by atoms with Crippen LogP contribution in [0, 0.1) is 0 Å². The molecule has 0 spiro atoms. The van der Waals surface area contributed by atoms with Crippen LogP contribution in [0.3, 0.4) is 0 Å². The Labute approximate surface area is 129 Å². The molecule has 2 heterocycles. The predicted molar refractivity (Wildman–Crippen MR) is 90.7 cm³/mol. The number of nitrogens with zero attached hydrogens (tertiary/aromatic N) is 4. The van der Waals surface area contributed by atoms with Crippen LogP contribution in [0.5, 0.6) is 0 Å². The first kappa shape index (κ1) is 16.2. The number of hydrogen-bond acceptors (Lipinski definition) is 4. The molecule has 2 rings (SSSR count). The summed E-state index contributed by atoms with van der Waals surface area (Å²) in [6.45, 7) is 15.0. The average molecular weight is 290 g/mol. The summed E-state index contributed by atoms with van der Waals surface area (Å²) < 4.78 is 0. The molecule has 118 valence electrons. The van der Waals surface area contributed by atoms with E-state index in [0.717, 1.165) is 24.8 Å². The second-order valence-corrected chi connectivity index (χ2v) is 6.26. The number of piperazine rings is 1. The van der Waals surface area contributed by atoms with Crippen LogP contribution in [-0.2, 0) is 0 Å². The standard InChI is InChI=1S/C17H30N4/c1-5-16(14-18-15(2)3)20-8-6-17(7-9-20)21-12-10-19(4)11-13-21/h5,14,17H,2,6-13H2,1,3-4H3/b16-5+,18-14-. The summed E-state index contributed by atoms with van der Waals surface area (Å²) in [7, 11) is 2.22. The normalized spacial score (nSPS) is 24.0. The lowest BCUT2D eigenvalue weighted by Crippen LogP contribution is -2.52. The molecule has 0 aromatic carbocycles. The number of hydrogen-bond donors (Lipinski definition) is 0. The Hall–Kier alpha value is -1.13. The van der Waals surface area contributed by atoms with Crippen LogP contribution in [-0.4, -0.2) is 73.3 Å². The first-order valence-corrected chi connectivity index (χ1v) is 8.13. The van der Waals surface area contributed by atoms with Crippen LogP contribution in [0.2, 0.25) is 0 Å². The average Bonchev–Trinajstić information content (AvgIpc) is 2.49. The zero-order valence-electron chi connectivity index (χ0n) is 13.9. The maximum atomic E-state index is 4.34. The minimum absolute atomic E-state index is 0.770. The summed E-state index contributed by atoms with van der Waals surface area (Å²) in [5.41, 5.74) is 2.09. The lowest BCUT2D eigenvalue weighted by molar-refractivity contribution is 0.0771. The molecule has 2 aliphatic heterocycles. The number of piperidine rings is 1. The number of aliphatic imine (C=N–C) groups is 1. The maximum absolute atomic E-state index is 4.34. The molecule has 0 radical (unpaired) electrons. The van der Waals surface area contributed by atoms with Gasteiger partial charge in [-0.25, -0.2) is 0 Å². The van der Waals surface area contributed by atoms with Gasteiger partial charge in [0, 0.05) is 51.0 Å². The Kier molecular flexibility index (Phi) is 6.00. The SMILES string of the molecule is C=C(C)/N=C\C(=C/C)N1CCC(N2CCN(C)CC2)CC1. The predicted octanol–water partition coefficient (Wildman–Crippen LogP) is 2.21. The van der Waals surface area contributed by atoms with Gasteiger partial charge in [0.25, 0.3) is 0 Å². The van der Waals surface area contributed by atoms with E-state index in [-0.39, 0.29) is 0 Å². The molecule has 4 heteroatoms. The van der Waals surface area contributed by atoms with Crippen LogP contribution in [0.4, 0.5) is 0 Å². The van der Waals surface area contributed by atoms with E-state index in [1.807, 2.05) is 13.1 Å². The Morgan fingerprint density at radius 2 is 1.71 bits per heavy atom. The fourth-order valence-electron chi connectivity index (χ4n) is 3.19. The van der Waals surface area contributed by atoms with Crippen molar-refractivity contribution < 1.29 is 0 Å². The lowest BCUT2D eigenvalue weighted by Gasteiger charge is -2.42. The van der Waals surface area contributed by atoms with Gasteiger partial charge >= 0.3 is 0 Å². The first-order chi connectivity index (χ1) is 10.1. The highest BCUT2D eigenvalue weighted by Crippen LogP contribution is 2.20. The molecule has 0 atom stereocenters. The second kappa shape index (κ2) is 7.76. The third-order valence-corrected chi connectivity index (χ3v) is 4.60. The van der Waals surface area contributed by atoms with Gasteiger partial charge in [-0.3, -0.25) is 9.89 Å². The van der Waals surface area contributed by atoms with Crippen molar-refractivity contribution in [1.29, 1.82) is 0 Å². The van der Waals surface area contributed by atoms with Gasteiger partial charge in [0.15, 0.2) is 0 Å². The van der Waals surface area contributed by atoms with Crippen LogP contribution in [0.1, 0.15) is 26.7 Å². The summed E-state index contributed by atoms with van der Waals surface area (Å²) >= 11 is 0. The van der Waals surface area contributed by atoms with Gasteiger partial charge in [0.05, 0.1) is 11.9 Å². The highest BCUT2D eigenvalue weighted by atomic mass is 15.3. The number of rotatable bonds is 4. The van der Waals surface area contributed by atoms with Gasteiger partial charge in [0.2, 0.25) is 0 Å². The monoisotopic (exact) mass is 290 g/mol. The van der Waals surface area contributed by atoms with E-state index < -0.39 is 0 Å². The summed E-state index contributed by atoms with van der Waals surface area (Å²) in [5.74, 6) is 0. The summed E-state index contributed by atoms with van der Waals surface area (Å²) in [5, 5.41) is 0. The van der Waals surface area contributed by atoms with Crippen molar-refractivity contribution >= 4 is 6.21 Å². The number of likely N-dealkylation sites (N-methyl/N-ethyl adjacent to an activating group) is 1. The van der Waals surface area contributed by atoms with Gasteiger partial charge < -0.3 is 9.80 Å². The Balaban J connectivity index is 1.83. The quantitative estimate of drug-likeness (QED) is 0.741. The molecular weight excluding hydrogens is 260 g/mol. The van der Waals surface area contributed by atoms with E-state index in [0.29, 0.717) is 0 Å². The van der Waals surface area contributed by atoms with E-state index in [2.05, 4.69) is 46.3 Å². The zero-order valence-corrected chi connectivity index (χ0v) is 13.9. The third-order valence-electron chi connectivity index (χ3n) is 4.60. The summed E-state index contributed by atoms with van der Waals surface area (Å²) in [6, 6.07) is 0.770. The summed E-state index contributed by atoms with van der Waals surface area (Å²) in [4.78, 5) is 11.9. The molecule has 0 aliphatic carbocycles. The Morgan fingerprint density at radius 3 is 2.24 bits per heavy atom. The molecule has 2 saturated heterocycles. The minimum Gasteiger partial charge on any atom is -0.370 e. The van der Waals surface area contributed by atoms with Crippen molar-refractivity contribution in [3.63, 3.8) is 0 Å². The van der Waals surface area contributed by atoms with E-state index in [1.54, 1.807) is 0 Å². The summed E-state index contributed by atoms with van der Waals surface area (Å²) in [6.07, 6.45) is 6.64. The fourth-order valence-corrected chi connectivity index (χ4v) is 3.19. The molecule has 2 aliphatic rings. The van der Waals surface area contributed by atoms with Gasteiger partial charge in [-0.1, -0.05) is 12.7 Å². The highest BCUT2D eigenvalue weighted by molar-refractivity contribution is 5.78. The van der Waals surface area contributed by atoms with Crippen LogP contribution < -0.4 is 0 Å². The fraction of sp³-hybridized carbons (Fsp3) is 0.706. The number of allylic oxidation sites excluding steroid dienone is 3. The maximum Gasteiger partial charge on any atom is 0.0508 e. The second-order valence-electron chi connectivity index (χ2n) is 6.26. The van der Waals surface area contributed by atoms with Crippen molar-refractivity contribution in [3.8, 4) is 0 Å². The van der Waals surface area contributed by atoms with Gasteiger partial charge in [-0.15, -0.1) is 0 Å². The molecule has 0 saturated carbocycles. The van der Waals surface area contributed by atoms with Gasteiger partial charge in [-0.2, -0.15) is 0 Å². The van der Waals surface area contributed by atoms with Gasteiger partial charge in [0.1, 0.15) is 0 Å². The first-order valence-electron chi connectivity index (χ1n) is 8.13. The topological polar surface area (TPSA) is 22.1 Å². The Morgan fingerprint density at radius 1 is 1.10 bits per heavy atom. The molecule has 0 unspecified atom stereocenters. The van der Waals surface area contributed by atoms with Crippen molar-refractivity contribution in [3.05, 3.63) is 24.0 Å². The van der Waals surface area contributed by atoms with Crippen LogP contribution >= 0.6 is 0 Å². The molecule has 4 nitrogen and oxygen atoms in total. The van der Waals surface area contributed by atoms with Crippen LogP contribution in [0.25, 0.3) is 0 Å². The molecule has 2 fully saturated rings. The van der Waals surface area contributed by atoms with Crippen molar-refractivity contribution in [2.45, 2.75) is 32.7 Å². The van der Waals surface area contributed by atoms with E-state index in [9.17, 15) is 0 Å².